The van der Waals surface area contributed by atoms with E-state index in [9.17, 15) is 9.59 Å². The molecule has 1 aliphatic rings. The summed E-state index contributed by atoms with van der Waals surface area (Å²) in [5, 5.41) is 8.17. The van der Waals surface area contributed by atoms with Gasteiger partial charge in [0.25, 0.3) is 5.91 Å². The smallest absolute Gasteiger partial charge is 0.410 e. The fourth-order valence-corrected chi connectivity index (χ4v) is 5.10. The van der Waals surface area contributed by atoms with Crippen molar-refractivity contribution in [2.24, 2.45) is 0 Å². The Bertz CT molecular complexity index is 1340. The molecule has 0 saturated carbocycles. The van der Waals surface area contributed by atoms with Crippen LogP contribution < -0.4 is 14.8 Å². The standard InChI is InChI=1S/C30H37ClN4O5/c1-30(2,3)40-29(37)34-16-13-20(14-17-34)27-23(19-33-35(27)25-9-7-6-8-24(25)31)28(36)32-15-12-21-18-22(38-4)10-11-26(21)39-5/h6-11,18-20H,12-17H2,1-5H3,(H,32,36). The van der Waals surface area contributed by atoms with Gasteiger partial charge in [0.05, 0.1) is 42.4 Å². The molecule has 1 aromatic heterocycles. The van der Waals surface area contributed by atoms with Crippen LogP contribution in [0.1, 0.15) is 61.1 Å². The van der Waals surface area contributed by atoms with Crippen LogP contribution in [0.15, 0.2) is 48.7 Å². The predicted molar refractivity (Wildman–Crippen MR) is 154 cm³/mol. The first kappa shape index (κ1) is 29.3. The number of hydrogen-bond acceptors (Lipinski definition) is 6. The van der Waals surface area contributed by atoms with E-state index in [0.29, 0.717) is 55.2 Å². The first-order valence-electron chi connectivity index (χ1n) is 13.4. The van der Waals surface area contributed by atoms with Crippen molar-refractivity contribution < 1.29 is 23.8 Å². The Balaban J connectivity index is 1.54. The number of nitrogens with zero attached hydrogens (tertiary/aromatic N) is 3. The van der Waals surface area contributed by atoms with Gasteiger partial charge in [-0.1, -0.05) is 23.7 Å². The van der Waals surface area contributed by atoms with Gasteiger partial charge in [0.1, 0.15) is 17.1 Å². The molecule has 0 bridgehead atoms. The van der Waals surface area contributed by atoms with Crippen LogP contribution in [0.3, 0.4) is 0 Å². The maximum atomic E-state index is 13.5. The fourth-order valence-electron chi connectivity index (χ4n) is 4.89. The van der Waals surface area contributed by atoms with Gasteiger partial charge >= 0.3 is 6.09 Å². The second-order valence-electron chi connectivity index (χ2n) is 10.7. The summed E-state index contributed by atoms with van der Waals surface area (Å²) in [5.41, 5.74) is 2.36. The summed E-state index contributed by atoms with van der Waals surface area (Å²) < 4.78 is 18.1. The van der Waals surface area contributed by atoms with Crippen LogP contribution in [0, 0.1) is 0 Å². The summed E-state index contributed by atoms with van der Waals surface area (Å²) in [4.78, 5) is 27.8. The van der Waals surface area contributed by atoms with Crippen LogP contribution in [0.5, 0.6) is 11.5 Å². The Labute approximate surface area is 240 Å². The predicted octanol–water partition coefficient (Wildman–Crippen LogP) is 5.63. The van der Waals surface area contributed by atoms with Crippen LogP contribution in [0.2, 0.25) is 5.02 Å². The molecule has 1 saturated heterocycles. The molecule has 0 radical (unpaired) electrons. The molecule has 1 N–H and O–H groups in total. The Morgan fingerprint density at radius 1 is 1.07 bits per heavy atom. The monoisotopic (exact) mass is 568 g/mol. The number of nitrogens with one attached hydrogen (secondary N) is 1. The molecule has 4 rings (SSSR count). The van der Waals surface area contributed by atoms with Gasteiger partial charge in [-0.15, -0.1) is 0 Å². The zero-order valence-electron chi connectivity index (χ0n) is 23.7. The number of rotatable bonds is 8. The second kappa shape index (κ2) is 12.6. The number of halogens is 1. The molecule has 214 valence electrons. The zero-order chi connectivity index (χ0) is 28.9. The number of benzene rings is 2. The molecule has 0 aliphatic carbocycles. The maximum absolute atomic E-state index is 13.5. The number of aromatic nitrogens is 2. The summed E-state index contributed by atoms with van der Waals surface area (Å²) in [6, 6.07) is 13.0. The third-order valence-electron chi connectivity index (χ3n) is 6.83. The van der Waals surface area contributed by atoms with Gasteiger partial charge in [-0.25, -0.2) is 9.48 Å². The average Bonchev–Trinajstić information content (AvgIpc) is 3.37. The van der Waals surface area contributed by atoms with E-state index in [1.165, 1.54) is 0 Å². The van der Waals surface area contributed by atoms with Crippen molar-refractivity contribution in [2.75, 3.05) is 33.9 Å². The minimum absolute atomic E-state index is 0.00307. The molecule has 40 heavy (non-hydrogen) atoms. The number of carbonyl (C=O) groups is 2. The van der Waals surface area contributed by atoms with E-state index in [1.54, 1.807) is 36.1 Å². The van der Waals surface area contributed by atoms with Crippen LogP contribution in [0.4, 0.5) is 4.79 Å². The van der Waals surface area contributed by atoms with E-state index >= 15 is 0 Å². The lowest BCUT2D eigenvalue weighted by atomic mass is 9.90. The lowest BCUT2D eigenvalue weighted by molar-refractivity contribution is 0.0203. The van der Waals surface area contributed by atoms with E-state index in [4.69, 9.17) is 25.8 Å². The molecule has 0 atom stereocenters. The number of para-hydroxylation sites is 1. The Morgan fingerprint density at radius 3 is 2.45 bits per heavy atom. The number of ether oxygens (including phenoxy) is 3. The Hall–Kier alpha value is -3.72. The molecular weight excluding hydrogens is 532 g/mol. The number of amides is 2. The van der Waals surface area contributed by atoms with Gasteiger partial charge in [-0.3, -0.25) is 4.79 Å². The highest BCUT2D eigenvalue weighted by molar-refractivity contribution is 6.32. The van der Waals surface area contributed by atoms with Crippen molar-refractivity contribution >= 4 is 23.6 Å². The van der Waals surface area contributed by atoms with Crippen molar-refractivity contribution in [1.82, 2.24) is 20.0 Å². The minimum atomic E-state index is -0.559. The summed E-state index contributed by atoms with van der Waals surface area (Å²) in [7, 11) is 3.23. The summed E-state index contributed by atoms with van der Waals surface area (Å²) >= 11 is 6.54. The highest BCUT2D eigenvalue weighted by Gasteiger charge is 2.32. The van der Waals surface area contributed by atoms with Gasteiger partial charge in [-0.05, 0) is 75.9 Å². The van der Waals surface area contributed by atoms with E-state index in [2.05, 4.69) is 10.4 Å². The molecule has 0 unspecified atom stereocenters. The van der Waals surface area contributed by atoms with Crippen LogP contribution >= 0.6 is 11.6 Å². The fraction of sp³-hybridized carbons (Fsp3) is 0.433. The van der Waals surface area contributed by atoms with E-state index < -0.39 is 5.60 Å². The number of methoxy groups -OCH3 is 2. The van der Waals surface area contributed by atoms with Crippen molar-refractivity contribution in [3.63, 3.8) is 0 Å². The van der Waals surface area contributed by atoms with Crippen molar-refractivity contribution in [3.05, 3.63) is 70.5 Å². The normalized spacial score (nSPS) is 14.1. The van der Waals surface area contributed by atoms with Crippen LogP contribution in [0.25, 0.3) is 5.69 Å². The molecule has 10 heteroatoms. The molecule has 0 spiro atoms. The summed E-state index contributed by atoms with van der Waals surface area (Å²) in [5.74, 6) is 1.24. The van der Waals surface area contributed by atoms with Crippen molar-refractivity contribution in [2.45, 2.75) is 51.6 Å². The molecular formula is C30H37ClN4O5. The first-order chi connectivity index (χ1) is 19.1. The SMILES string of the molecule is COc1ccc(OC)c(CCNC(=O)c2cnn(-c3ccccc3Cl)c2C2CCN(C(=O)OC(C)(C)C)CC2)c1. The average molecular weight is 569 g/mol. The minimum Gasteiger partial charge on any atom is -0.497 e. The summed E-state index contributed by atoms with van der Waals surface area (Å²) in [6.07, 6.45) is 3.17. The van der Waals surface area contributed by atoms with Crippen LogP contribution in [-0.4, -0.2) is 66.1 Å². The quantitative estimate of drug-likeness (QED) is 0.378. The number of likely N-dealkylation sites (tertiary alicyclic amines) is 1. The lowest BCUT2D eigenvalue weighted by Gasteiger charge is -2.34. The van der Waals surface area contributed by atoms with Gasteiger partial charge in [0.2, 0.25) is 0 Å². The highest BCUT2D eigenvalue weighted by atomic mass is 35.5. The Morgan fingerprint density at radius 2 is 1.80 bits per heavy atom. The molecule has 1 aliphatic heterocycles. The van der Waals surface area contributed by atoms with Gasteiger partial charge in [0.15, 0.2) is 0 Å². The van der Waals surface area contributed by atoms with Crippen molar-refractivity contribution in [3.8, 4) is 17.2 Å². The third-order valence-corrected chi connectivity index (χ3v) is 7.15. The van der Waals surface area contributed by atoms with Gasteiger partial charge < -0.3 is 24.4 Å². The first-order valence-corrected chi connectivity index (χ1v) is 13.8. The van der Waals surface area contributed by atoms with E-state index in [1.807, 2.05) is 57.2 Å². The molecule has 2 amide bonds. The molecule has 2 heterocycles. The number of hydrogen-bond donors (Lipinski definition) is 1. The van der Waals surface area contributed by atoms with Gasteiger partial charge in [-0.2, -0.15) is 5.10 Å². The second-order valence-corrected chi connectivity index (χ2v) is 11.1. The molecule has 9 nitrogen and oxygen atoms in total. The Kier molecular flexibility index (Phi) is 9.25. The number of carbonyl (C=O) groups excluding carboxylic acids is 2. The summed E-state index contributed by atoms with van der Waals surface area (Å²) in [6.45, 7) is 7.00. The third kappa shape index (κ3) is 6.88. The molecule has 3 aromatic rings. The highest BCUT2D eigenvalue weighted by Crippen LogP contribution is 2.34. The number of piperidine rings is 1. The van der Waals surface area contributed by atoms with E-state index in [-0.39, 0.29) is 17.9 Å². The topological polar surface area (TPSA) is 94.9 Å². The van der Waals surface area contributed by atoms with Crippen LogP contribution in [-0.2, 0) is 11.2 Å². The van der Waals surface area contributed by atoms with Gasteiger partial charge in [0, 0.05) is 25.6 Å². The zero-order valence-corrected chi connectivity index (χ0v) is 24.5. The maximum Gasteiger partial charge on any atom is 0.410 e. The lowest BCUT2D eigenvalue weighted by Crippen LogP contribution is -2.41. The molecule has 2 aromatic carbocycles. The van der Waals surface area contributed by atoms with E-state index in [0.717, 1.165) is 22.8 Å². The largest absolute Gasteiger partial charge is 0.497 e. The van der Waals surface area contributed by atoms with Crippen molar-refractivity contribution in [1.29, 1.82) is 0 Å². The molecule has 1 fully saturated rings.